The molecule has 6 heteroatoms. The van der Waals surface area contributed by atoms with Crippen molar-refractivity contribution in [3.63, 3.8) is 0 Å². The van der Waals surface area contributed by atoms with Crippen LogP contribution in [0.3, 0.4) is 0 Å². The predicted molar refractivity (Wildman–Crippen MR) is 94.2 cm³/mol. The first-order chi connectivity index (χ1) is 11.0. The zero-order valence-corrected chi connectivity index (χ0v) is 14.4. The second kappa shape index (κ2) is 7.87. The van der Waals surface area contributed by atoms with E-state index in [-0.39, 0.29) is 24.4 Å². The molecule has 0 atom stereocenters. The summed E-state index contributed by atoms with van der Waals surface area (Å²) in [6.45, 7) is 6.18. The van der Waals surface area contributed by atoms with E-state index in [1.54, 1.807) is 6.08 Å². The topological polar surface area (TPSA) is 62.3 Å². The molecule has 1 heterocycles. The van der Waals surface area contributed by atoms with Crippen molar-refractivity contribution in [2.45, 2.75) is 26.8 Å². The highest BCUT2D eigenvalue weighted by molar-refractivity contribution is 7.19. The molecule has 0 unspecified atom stereocenters. The van der Waals surface area contributed by atoms with E-state index in [4.69, 9.17) is 0 Å². The van der Waals surface area contributed by atoms with Gasteiger partial charge >= 0.3 is 0 Å². The first-order valence-corrected chi connectivity index (χ1v) is 8.43. The summed E-state index contributed by atoms with van der Waals surface area (Å²) in [7, 11) is 0. The van der Waals surface area contributed by atoms with Crippen LogP contribution >= 0.6 is 11.3 Å². The second-order valence-corrected chi connectivity index (χ2v) is 6.49. The molecule has 1 aromatic heterocycles. The summed E-state index contributed by atoms with van der Waals surface area (Å²) >= 11 is 1.53. The number of nitrogens with zero attached hydrogens (tertiary/aromatic N) is 2. The molecule has 1 aromatic carbocycles. The van der Waals surface area contributed by atoms with Gasteiger partial charge in [-0.1, -0.05) is 12.1 Å². The maximum absolute atomic E-state index is 12.2. The van der Waals surface area contributed by atoms with E-state index in [0.717, 1.165) is 15.2 Å². The van der Waals surface area contributed by atoms with Gasteiger partial charge in [0.1, 0.15) is 5.01 Å². The third kappa shape index (κ3) is 4.89. The molecule has 2 amide bonds. The van der Waals surface area contributed by atoms with Gasteiger partial charge in [-0.3, -0.25) is 9.59 Å². The summed E-state index contributed by atoms with van der Waals surface area (Å²) in [5.74, 6) is -0.339. The Bertz CT molecular complexity index is 688. The number of nitrogens with one attached hydrogen (secondary N) is 1. The minimum atomic E-state index is -0.189. The van der Waals surface area contributed by atoms with Gasteiger partial charge in [-0.2, -0.15) is 0 Å². The van der Waals surface area contributed by atoms with Crippen LogP contribution in [0.2, 0.25) is 0 Å². The Balaban J connectivity index is 2.01. The van der Waals surface area contributed by atoms with Crippen LogP contribution in [-0.4, -0.2) is 40.8 Å². The maximum atomic E-state index is 12.2. The van der Waals surface area contributed by atoms with Gasteiger partial charge in [-0.15, -0.1) is 11.3 Å². The molecular weight excluding hydrogens is 310 g/mol. The van der Waals surface area contributed by atoms with Gasteiger partial charge in [0.25, 0.3) is 0 Å². The standard InChI is InChI=1S/C17H21N3O2S/c1-4-20(11-15(21)18-12(2)3)17(22)10-9-16-19-13-7-5-6-8-14(13)23-16/h5-10,12H,4,11H2,1-3H3,(H,18,21)/b10-9+. The summed E-state index contributed by atoms with van der Waals surface area (Å²) in [6, 6.07) is 7.91. The highest BCUT2D eigenvalue weighted by Crippen LogP contribution is 2.22. The SMILES string of the molecule is CCN(CC(=O)NC(C)C)C(=O)/C=C/c1nc2ccccc2s1. The lowest BCUT2D eigenvalue weighted by Crippen LogP contribution is -2.42. The Hall–Kier alpha value is -2.21. The second-order valence-electron chi connectivity index (χ2n) is 5.43. The lowest BCUT2D eigenvalue weighted by Gasteiger charge is -2.19. The molecule has 2 rings (SSSR count). The van der Waals surface area contributed by atoms with E-state index in [9.17, 15) is 9.59 Å². The van der Waals surface area contributed by atoms with Gasteiger partial charge < -0.3 is 10.2 Å². The number of thiazole rings is 1. The third-order valence-corrected chi connectivity index (χ3v) is 4.16. The molecule has 0 aliphatic rings. The number of carbonyl (C=O) groups excluding carboxylic acids is 2. The van der Waals surface area contributed by atoms with E-state index in [1.165, 1.54) is 22.3 Å². The van der Waals surface area contributed by atoms with Gasteiger partial charge in [0, 0.05) is 18.7 Å². The molecule has 0 saturated carbocycles. The first kappa shape index (κ1) is 17.1. The monoisotopic (exact) mass is 331 g/mol. The summed E-state index contributed by atoms with van der Waals surface area (Å²) in [5.41, 5.74) is 0.924. The van der Waals surface area contributed by atoms with E-state index in [2.05, 4.69) is 10.3 Å². The quantitative estimate of drug-likeness (QED) is 0.828. The van der Waals surface area contributed by atoms with Crippen LogP contribution in [-0.2, 0) is 9.59 Å². The number of hydrogen-bond donors (Lipinski definition) is 1. The van der Waals surface area contributed by atoms with E-state index >= 15 is 0 Å². The third-order valence-electron chi connectivity index (χ3n) is 3.16. The Labute approximate surface area is 140 Å². The Morgan fingerprint density at radius 3 is 2.74 bits per heavy atom. The Morgan fingerprint density at radius 1 is 1.35 bits per heavy atom. The van der Waals surface area contributed by atoms with Crippen molar-refractivity contribution in [1.82, 2.24) is 15.2 Å². The van der Waals surface area contributed by atoms with Crippen molar-refractivity contribution in [3.05, 3.63) is 35.3 Å². The number of amides is 2. The van der Waals surface area contributed by atoms with Gasteiger partial charge in [0.05, 0.1) is 16.8 Å². The van der Waals surface area contributed by atoms with Crippen molar-refractivity contribution in [2.24, 2.45) is 0 Å². The van der Waals surface area contributed by atoms with Gasteiger partial charge in [-0.25, -0.2) is 4.98 Å². The summed E-state index contributed by atoms with van der Waals surface area (Å²) in [6.07, 6.45) is 3.18. The van der Waals surface area contributed by atoms with E-state index in [0.29, 0.717) is 6.54 Å². The molecule has 0 fully saturated rings. The average Bonchev–Trinajstić information content (AvgIpc) is 2.92. The molecule has 1 N–H and O–H groups in total. The highest BCUT2D eigenvalue weighted by Gasteiger charge is 2.13. The average molecular weight is 331 g/mol. The van der Waals surface area contributed by atoms with Crippen LogP contribution < -0.4 is 5.32 Å². The van der Waals surface area contributed by atoms with Crippen molar-refractivity contribution < 1.29 is 9.59 Å². The summed E-state index contributed by atoms with van der Waals surface area (Å²) in [4.78, 5) is 30.0. The van der Waals surface area contributed by atoms with Crippen LogP contribution in [0.15, 0.2) is 30.3 Å². The Kier molecular flexibility index (Phi) is 5.87. The number of para-hydroxylation sites is 1. The normalized spacial score (nSPS) is 11.3. The van der Waals surface area contributed by atoms with Crippen LogP contribution in [0, 0.1) is 0 Å². The molecule has 0 bridgehead atoms. The molecular formula is C17H21N3O2S. The van der Waals surface area contributed by atoms with Crippen molar-refractivity contribution in [2.75, 3.05) is 13.1 Å². The minimum absolute atomic E-state index is 0.0644. The van der Waals surface area contributed by atoms with Crippen molar-refractivity contribution in [1.29, 1.82) is 0 Å². The number of carbonyl (C=O) groups is 2. The lowest BCUT2D eigenvalue weighted by molar-refractivity contribution is -0.132. The zero-order chi connectivity index (χ0) is 16.8. The largest absolute Gasteiger partial charge is 0.352 e. The fourth-order valence-corrected chi connectivity index (χ4v) is 2.97. The van der Waals surface area contributed by atoms with Gasteiger partial charge in [0.2, 0.25) is 11.8 Å². The molecule has 23 heavy (non-hydrogen) atoms. The first-order valence-electron chi connectivity index (χ1n) is 7.61. The fourth-order valence-electron chi connectivity index (χ4n) is 2.10. The molecule has 0 aliphatic heterocycles. The minimum Gasteiger partial charge on any atom is -0.352 e. The van der Waals surface area contributed by atoms with Gasteiger partial charge in [0.15, 0.2) is 0 Å². The molecule has 122 valence electrons. The number of fused-ring (bicyclic) bond motifs is 1. The van der Waals surface area contributed by atoms with E-state index < -0.39 is 0 Å². The molecule has 2 aromatic rings. The van der Waals surface area contributed by atoms with Crippen LogP contribution in [0.1, 0.15) is 25.8 Å². The van der Waals surface area contributed by atoms with Crippen LogP contribution in [0.4, 0.5) is 0 Å². The number of hydrogen-bond acceptors (Lipinski definition) is 4. The van der Waals surface area contributed by atoms with Crippen LogP contribution in [0.25, 0.3) is 16.3 Å². The molecule has 0 spiro atoms. The molecule has 0 radical (unpaired) electrons. The number of rotatable bonds is 6. The smallest absolute Gasteiger partial charge is 0.247 e. The van der Waals surface area contributed by atoms with Gasteiger partial charge in [-0.05, 0) is 39.0 Å². The molecule has 0 saturated heterocycles. The maximum Gasteiger partial charge on any atom is 0.247 e. The lowest BCUT2D eigenvalue weighted by atomic mass is 10.3. The number of likely N-dealkylation sites (N-methyl/N-ethyl adjacent to an activating group) is 1. The predicted octanol–water partition coefficient (Wildman–Crippen LogP) is 2.68. The van der Waals surface area contributed by atoms with Crippen molar-refractivity contribution in [3.8, 4) is 0 Å². The Morgan fingerprint density at radius 2 is 2.09 bits per heavy atom. The zero-order valence-electron chi connectivity index (χ0n) is 13.6. The van der Waals surface area contributed by atoms with Crippen molar-refractivity contribution >= 4 is 39.4 Å². The highest BCUT2D eigenvalue weighted by atomic mass is 32.1. The summed E-state index contributed by atoms with van der Waals surface area (Å²) < 4.78 is 1.09. The van der Waals surface area contributed by atoms with Crippen LogP contribution in [0.5, 0.6) is 0 Å². The molecule has 5 nitrogen and oxygen atoms in total. The molecule has 0 aliphatic carbocycles. The number of aromatic nitrogens is 1. The number of benzene rings is 1. The van der Waals surface area contributed by atoms with E-state index in [1.807, 2.05) is 45.0 Å². The fraction of sp³-hybridized carbons (Fsp3) is 0.353. The summed E-state index contributed by atoms with van der Waals surface area (Å²) in [5, 5.41) is 3.57.